The number of nitrogens with two attached hydrogens (primary N) is 1. The lowest BCUT2D eigenvalue weighted by molar-refractivity contribution is -0.114. The molecule has 37 heavy (non-hydrogen) atoms. The largest absolute Gasteiger partial charge is 0.366 e. The molecule has 0 bridgehead atoms. The van der Waals surface area contributed by atoms with E-state index in [1.54, 1.807) is 4.90 Å². The molecular formula is C28H30N4O4S. The van der Waals surface area contributed by atoms with Gasteiger partial charge < -0.3 is 10.6 Å². The van der Waals surface area contributed by atoms with E-state index < -0.39 is 15.9 Å². The molecule has 2 aliphatic rings. The van der Waals surface area contributed by atoms with Gasteiger partial charge in [-0.2, -0.15) is 4.31 Å². The van der Waals surface area contributed by atoms with Crippen molar-refractivity contribution in [1.29, 1.82) is 0 Å². The maximum atomic E-state index is 13.0. The van der Waals surface area contributed by atoms with Gasteiger partial charge >= 0.3 is 0 Å². The van der Waals surface area contributed by atoms with Crippen LogP contribution >= 0.6 is 0 Å². The lowest BCUT2D eigenvalue weighted by Gasteiger charge is -2.33. The van der Waals surface area contributed by atoms with Gasteiger partial charge in [0.2, 0.25) is 15.9 Å². The number of hydrogen-bond donors (Lipinski definition) is 1. The third-order valence-corrected chi connectivity index (χ3v) is 8.50. The van der Waals surface area contributed by atoms with Crippen molar-refractivity contribution in [2.75, 3.05) is 39.0 Å². The Morgan fingerprint density at radius 1 is 1.00 bits per heavy atom. The Hall–Kier alpha value is -3.53. The van der Waals surface area contributed by atoms with E-state index in [0.29, 0.717) is 38.3 Å². The zero-order valence-corrected chi connectivity index (χ0v) is 21.6. The number of hydrogen-bond acceptors (Lipinski definition) is 5. The minimum absolute atomic E-state index is 0.116. The molecule has 2 amide bonds. The maximum absolute atomic E-state index is 13.0. The second kappa shape index (κ2) is 9.74. The van der Waals surface area contributed by atoms with Crippen LogP contribution in [0.15, 0.2) is 66.7 Å². The zero-order valence-electron chi connectivity index (χ0n) is 20.8. The molecule has 0 radical (unpaired) electrons. The van der Waals surface area contributed by atoms with Gasteiger partial charge in [0.25, 0.3) is 5.91 Å². The molecule has 192 valence electrons. The molecule has 2 heterocycles. The van der Waals surface area contributed by atoms with E-state index in [1.165, 1.54) is 10.6 Å². The van der Waals surface area contributed by atoms with E-state index in [2.05, 4.69) is 47.9 Å². The second-order valence-corrected chi connectivity index (χ2v) is 11.8. The van der Waals surface area contributed by atoms with E-state index in [9.17, 15) is 18.0 Å². The summed E-state index contributed by atoms with van der Waals surface area (Å²) in [5.41, 5.74) is 10.4. The van der Waals surface area contributed by atoms with Crippen LogP contribution in [0, 0.1) is 0 Å². The summed E-state index contributed by atoms with van der Waals surface area (Å²) in [5, 5.41) is 2.06. The van der Waals surface area contributed by atoms with Crippen molar-refractivity contribution >= 4 is 32.6 Å². The fraction of sp³-hybridized carbons (Fsp3) is 0.286. The molecule has 8 nitrogen and oxygen atoms in total. The van der Waals surface area contributed by atoms with E-state index >= 15 is 0 Å². The van der Waals surface area contributed by atoms with Crippen LogP contribution < -0.4 is 5.73 Å². The number of rotatable bonds is 7. The number of fused-ring (bicyclic) bond motifs is 3. The van der Waals surface area contributed by atoms with Gasteiger partial charge in [-0.3, -0.25) is 14.5 Å². The average Bonchev–Trinajstić information content (AvgIpc) is 3.19. The Morgan fingerprint density at radius 3 is 2.41 bits per heavy atom. The number of piperazine rings is 1. The molecule has 1 saturated heterocycles. The minimum Gasteiger partial charge on any atom is -0.366 e. The second-order valence-electron chi connectivity index (χ2n) is 9.80. The molecule has 0 saturated carbocycles. The first-order chi connectivity index (χ1) is 17.6. The van der Waals surface area contributed by atoms with Crippen LogP contribution in [0.25, 0.3) is 21.9 Å². The molecule has 2 N–H and O–H groups in total. The predicted molar refractivity (Wildman–Crippen MR) is 144 cm³/mol. The standard InChI is InChI=1S/C28H30N4O4S/c1-19(27(29)33)16-31-18-26-24(28(31)34)9-8-21-6-7-23(15-25(21)26)22-5-3-4-20(14-22)17-30-10-12-32(13-11-30)37(2,35)36/h3-9,14-15H,1,10-13,16-18H2,2H3,(H2,29,33). The third-order valence-electron chi connectivity index (χ3n) is 7.20. The Morgan fingerprint density at radius 2 is 1.70 bits per heavy atom. The van der Waals surface area contributed by atoms with Crippen molar-refractivity contribution in [2.45, 2.75) is 13.1 Å². The highest BCUT2D eigenvalue weighted by Crippen LogP contribution is 2.33. The fourth-order valence-corrected chi connectivity index (χ4v) is 5.95. The van der Waals surface area contributed by atoms with Crippen molar-refractivity contribution in [3.8, 4) is 11.1 Å². The Labute approximate surface area is 217 Å². The van der Waals surface area contributed by atoms with Crippen molar-refractivity contribution < 1.29 is 18.0 Å². The number of amides is 2. The molecule has 1 fully saturated rings. The third kappa shape index (κ3) is 5.16. The van der Waals surface area contributed by atoms with Gasteiger partial charge in [0.05, 0.1) is 12.8 Å². The normalized spacial score (nSPS) is 16.8. The molecule has 9 heteroatoms. The summed E-state index contributed by atoms with van der Waals surface area (Å²) in [5.74, 6) is -0.726. The Balaban J connectivity index is 1.38. The van der Waals surface area contributed by atoms with Gasteiger partial charge in [0, 0.05) is 50.4 Å². The summed E-state index contributed by atoms with van der Waals surface area (Å²) in [7, 11) is -3.15. The molecule has 5 rings (SSSR count). The van der Waals surface area contributed by atoms with Crippen LogP contribution in [0.1, 0.15) is 21.5 Å². The summed E-state index contributed by atoms with van der Waals surface area (Å²) in [4.78, 5) is 28.3. The lowest BCUT2D eigenvalue weighted by Crippen LogP contribution is -2.47. The topological polar surface area (TPSA) is 104 Å². The van der Waals surface area contributed by atoms with Crippen LogP contribution in [0.2, 0.25) is 0 Å². The van der Waals surface area contributed by atoms with E-state index in [4.69, 9.17) is 5.73 Å². The van der Waals surface area contributed by atoms with Crippen molar-refractivity contribution in [2.24, 2.45) is 5.73 Å². The molecule has 3 aromatic rings. The first-order valence-electron chi connectivity index (χ1n) is 12.2. The summed E-state index contributed by atoms with van der Waals surface area (Å²) < 4.78 is 25.1. The molecule has 2 aliphatic heterocycles. The average molecular weight is 519 g/mol. The molecule has 0 aromatic heterocycles. The maximum Gasteiger partial charge on any atom is 0.254 e. The summed E-state index contributed by atoms with van der Waals surface area (Å²) in [6, 6.07) is 18.4. The van der Waals surface area contributed by atoms with E-state index in [0.717, 1.165) is 39.6 Å². The van der Waals surface area contributed by atoms with Crippen LogP contribution in [0.4, 0.5) is 0 Å². The number of sulfonamides is 1. The molecule has 3 aromatic carbocycles. The molecule has 0 spiro atoms. The Bertz CT molecular complexity index is 1520. The van der Waals surface area contributed by atoms with Gasteiger partial charge in [0.1, 0.15) is 0 Å². The smallest absolute Gasteiger partial charge is 0.254 e. The fourth-order valence-electron chi connectivity index (χ4n) is 5.13. The highest BCUT2D eigenvalue weighted by Gasteiger charge is 2.30. The van der Waals surface area contributed by atoms with Gasteiger partial charge in [-0.05, 0) is 51.2 Å². The first kappa shape index (κ1) is 25.1. The Kier molecular flexibility index (Phi) is 6.61. The van der Waals surface area contributed by atoms with Gasteiger partial charge in [-0.25, -0.2) is 8.42 Å². The number of benzene rings is 3. The van der Waals surface area contributed by atoms with Gasteiger partial charge in [-0.1, -0.05) is 43.0 Å². The summed E-state index contributed by atoms with van der Waals surface area (Å²) in [6.45, 7) is 7.39. The number of carbonyl (C=O) groups is 2. The summed E-state index contributed by atoms with van der Waals surface area (Å²) >= 11 is 0. The quantitative estimate of drug-likeness (QED) is 0.484. The van der Waals surface area contributed by atoms with Crippen LogP contribution in [-0.4, -0.2) is 73.3 Å². The minimum atomic E-state index is -3.15. The van der Waals surface area contributed by atoms with Crippen molar-refractivity contribution in [3.05, 3.63) is 83.4 Å². The number of nitrogens with zero attached hydrogens (tertiary/aromatic N) is 3. The van der Waals surface area contributed by atoms with Crippen molar-refractivity contribution in [1.82, 2.24) is 14.1 Å². The highest BCUT2D eigenvalue weighted by molar-refractivity contribution is 7.88. The van der Waals surface area contributed by atoms with Crippen LogP contribution in [0.5, 0.6) is 0 Å². The highest BCUT2D eigenvalue weighted by atomic mass is 32.2. The molecular weight excluding hydrogens is 488 g/mol. The zero-order chi connectivity index (χ0) is 26.3. The monoisotopic (exact) mass is 518 g/mol. The summed E-state index contributed by atoms with van der Waals surface area (Å²) in [6.07, 6.45) is 1.26. The number of carbonyl (C=O) groups excluding carboxylic acids is 2. The lowest BCUT2D eigenvalue weighted by atomic mass is 9.95. The SMILES string of the molecule is C=C(CN1Cc2c(ccc3ccc(-c4cccc(CN5CCN(S(C)(=O)=O)CC5)c4)cc23)C1=O)C(N)=O. The van der Waals surface area contributed by atoms with Crippen molar-refractivity contribution in [3.63, 3.8) is 0 Å². The molecule has 0 atom stereocenters. The first-order valence-corrected chi connectivity index (χ1v) is 14.0. The number of primary amides is 1. The van der Waals surface area contributed by atoms with E-state index in [-0.39, 0.29) is 18.0 Å². The van der Waals surface area contributed by atoms with Crippen LogP contribution in [-0.2, 0) is 27.9 Å². The predicted octanol–water partition coefficient (Wildman–Crippen LogP) is 2.58. The van der Waals surface area contributed by atoms with Crippen LogP contribution in [0.3, 0.4) is 0 Å². The molecule has 0 unspecified atom stereocenters. The molecule has 0 aliphatic carbocycles. The van der Waals surface area contributed by atoms with E-state index in [1.807, 2.05) is 18.2 Å². The van der Waals surface area contributed by atoms with Gasteiger partial charge in [0.15, 0.2) is 0 Å². The van der Waals surface area contributed by atoms with Gasteiger partial charge in [-0.15, -0.1) is 0 Å².